The van der Waals surface area contributed by atoms with Crippen LogP contribution in [0.4, 0.5) is 11.4 Å². The summed E-state index contributed by atoms with van der Waals surface area (Å²) in [5, 5.41) is 12.0. The van der Waals surface area contributed by atoms with Crippen LogP contribution in [0.1, 0.15) is 12.8 Å². The molecule has 1 saturated heterocycles. The van der Waals surface area contributed by atoms with Crippen LogP contribution in [0, 0.1) is 0 Å². The molecule has 0 aliphatic carbocycles. The van der Waals surface area contributed by atoms with Gasteiger partial charge in [-0.15, -0.1) is 0 Å². The Balaban J connectivity index is 1.92. The Hall–Kier alpha value is -1.46. The van der Waals surface area contributed by atoms with Crippen molar-refractivity contribution in [2.45, 2.75) is 18.9 Å². The van der Waals surface area contributed by atoms with E-state index >= 15 is 0 Å². The summed E-state index contributed by atoms with van der Waals surface area (Å²) < 4.78 is 10.9. The maximum atomic E-state index is 8.72. The molecule has 1 atom stereocenters. The van der Waals surface area contributed by atoms with Gasteiger partial charge in [-0.2, -0.15) is 0 Å². The van der Waals surface area contributed by atoms with Crippen molar-refractivity contribution in [3.05, 3.63) is 18.2 Å². The molecule has 0 radical (unpaired) electrons. The molecule has 1 aromatic carbocycles. The number of anilines is 2. The van der Waals surface area contributed by atoms with Gasteiger partial charge in [0.05, 0.1) is 24.1 Å². The van der Waals surface area contributed by atoms with Gasteiger partial charge in [0, 0.05) is 19.2 Å². The first kappa shape index (κ1) is 13.0. The lowest BCUT2D eigenvalue weighted by molar-refractivity contribution is 0.120. The van der Waals surface area contributed by atoms with Crippen molar-refractivity contribution in [1.29, 1.82) is 0 Å². The number of hydrogen-bond acceptors (Lipinski definition) is 5. The van der Waals surface area contributed by atoms with E-state index in [1.165, 1.54) is 0 Å². The second kappa shape index (κ2) is 6.47. The molecule has 1 aromatic rings. The molecule has 4 N–H and O–H groups in total. The van der Waals surface area contributed by atoms with Crippen LogP contribution in [0.2, 0.25) is 0 Å². The monoisotopic (exact) mass is 252 g/mol. The van der Waals surface area contributed by atoms with Gasteiger partial charge in [-0.3, -0.25) is 0 Å². The van der Waals surface area contributed by atoms with E-state index in [2.05, 4.69) is 5.32 Å². The second-order valence-electron chi connectivity index (χ2n) is 4.34. The smallest absolute Gasteiger partial charge is 0.121 e. The third-order valence-electron chi connectivity index (χ3n) is 2.93. The first-order valence-corrected chi connectivity index (χ1v) is 6.28. The van der Waals surface area contributed by atoms with Gasteiger partial charge in [-0.25, -0.2) is 0 Å². The van der Waals surface area contributed by atoms with Crippen molar-refractivity contribution in [3.63, 3.8) is 0 Å². The van der Waals surface area contributed by atoms with Crippen molar-refractivity contribution in [3.8, 4) is 5.75 Å². The number of nitrogens with one attached hydrogen (secondary N) is 1. The van der Waals surface area contributed by atoms with Gasteiger partial charge in [0.1, 0.15) is 12.4 Å². The molecule has 0 bridgehead atoms. The van der Waals surface area contributed by atoms with E-state index in [0.717, 1.165) is 31.7 Å². The Morgan fingerprint density at radius 1 is 1.50 bits per heavy atom. The first-order chi connectivity index (χ1) is 8.79. The SMILES string of the molecule is Nc1ccc(OCCO)cc1NC[C@@H]1CCCO1. The standard InChI is InChI=1S/C13H20N2O3/c14-12-4-3-10(18-7-5-16)8-13(12)15-9-11-2-1-6-17-11/h3-4,8,11,15-16H,1-2,5-7,9,14H2/t11-/m0/s1. The summed E-state index contributed by atoms with van der Waals surface area (Å²) in [6, 6.07) is 5.44. The van der Waals surface area contributed by atoms with Gasteiger partial charge >= 0.3 is 0 Å². The molecule has 2 rings (SSSR count). The molecule has 1 heterocycles. The summed E-state index contributed by atoms with van der Waals surface area (Å²) in [5.74, 6) is 0.702. The fraction of sp³-hybridized carbons (Fsp3) is 0.538. The zero-order valence-corrected chi connectivity index (χ0v) is 10.4. The van der Waals surface area contributed by atoms with E-state index in [1.54, 1.807) is 12.1 Å². The molecule has 1 aliphatic heterocycles. The van der Waals surface area contributed by atoms with E-state index in [0.29, 0.717) is 11.4 Å². The summed E-state index contributed by atoms with van der Waals surface area (Å²) in [7, 11) is 0. The quantitative estimate of drug-likeness (QED) is 0.664. The Morgan fingerprint density at radius 3 is 3.11 bits per heavy atom. The van der Waals surface area contributed by atoms with Crippen LogP contribution in [0.3, 0.4) is 0 Å². The van der Waals surface area contributed by atoms with Crippen LogP contribution >= 0.6 is 0 Å². The van der Waals surface area contributed by atoms with Crippen LogP contribution in [0.15, 0.2) is 18.2 Å². The molecule has 1 fully saturated rings. The lowest BCUT2D eigenvalue weighted by Crippen LogP contribution is -2.19. The molecule has 0 saturated carbocycles. The lowest BCUT2D eigenvalue weighted by atomic mass is 10.2. The fourth-order valence-corrected chi connectivity index (χ4v) is 1.97. The number of benzene rings is 1. The van der Waals surface area contributed by atoms with Gasteiger partial charge < -0.3 is 25.6 Å². The predicted octanol–water partition coefficient (Wildman–Crippen LogP) is 1.23. The van der Waals surface area contributed by atoms with Gasteiger partial charge in [0.2, 0.25) is 0 Å². The summed E-state index contributed by atoms with van der Waals surface area (Å²) in [5.41, 5.74) is 7.43. The second-order valence-corrected chi connectivity index (χ2v) is 4.34. The molecule has 0 unspecified atom stereocenters. The third-order valence-corrected chi connectivity index (χ3v) is 2.93. The minimum absolute atomic E-state index is 0.00303. The first-order valence-electron chi connectivity index (χ1n) is 6.28. The summed E-state index contributed by atoms with van der Waals surface area (Å²) in [4.78, 5) is 0. The van der Waals surface area contributed by atoms with E-state index in [1.807, 2.05) is 6.07 Å². The summed E-state index contributed by atoms with van der Waals surface area (Å²) >= 11 is 0. The highest BCUT2D eigenvalue weighted by atomic mass is 16.5. The van der Waals surface area contributed by atoms with E-state index in [4.69, 9.17) is 20.3 Å². The largest absolute Gasteiger partial charge is 0.491 e. The Labute approximate surface area is 107 Å². The molecule has 0 amide bonds. The molecule has 100 valence electrons. The average molecular weight is 252 g/mol. The van der Waals surface area contributed by atoms with E-state index in [9.17, 15) is 0 Å². The fourth-order valence-electron chi connectivity index (χ4n) is 1.97. The number of hydrogen-bond donors (Lipinski definition) is 3. The molecular formula is C13H20N2O3. The number of rotatable bonds is 6. The Bertz CT molecular complexity index is 378. The topological polar surface area (TPSA) is 76.7 Å². The third kappa shape index (κ3) is 3.51. The summed E-state index contributed by atoms with van der Waals surface area (Å²) in [6.07, 6.45) is 2.49. The van der Waals surface area contributed by atoms with E-state index in [-0.39, 0.29) is 19.3 Å². The van der Waals surface area contributed by atoms with Crippen LogP contribution in [-0.2, 0) is 4.74 Å². The van der Waals surface area contributed by atoms with Gasteiger partial charge in [0.15, 0.2) is 0 Å². The molecule has 18 heavy (non-hydrogen) atoms. The minimum Gasteiger partial charge on any atom is -0.491 e. The van der Waals surface area contributed by atoms with Crippen molar-refractivity contribution in [2.75, 3.05) is 37.4 Å². The number of nitrogen functional groups attached to an aromatic ring is 1. The Morgan fingerprint density at radius 2 is 2.39 bits per heavy atom. The highest BCUT2D eigenvalue weighted by Gasteiger charge is 2.15. The highest BCUT2D eigenvalue weighted by Crippen LogP contribution is 2.25. The van der Waals surface area contributed by atoms with Crippen molar-refractivity contribution in [2.24, 2.45) is 0 Å². The maximum Gasteiger partial charge on any atom is 0.121 e. The van der Waals surface area contributed by atoms with Gasteiger partial charge in [0.25, 0.3) is 0 Å². The molecular weight excluding hydrogens is 232 g/mol. The van der Waals surface area contributed by atoms with Crippen LogP contribution in [-0.4, -0.2) is 37.6 Å². The number of ether oxygens (including phenoxy) is 2. The number of nitrogens with two attached hydrogens (primary N) is 1. The predicted molar refractivity (Wildman–Crippen MR) is 70.9 cm³/mol. The van der Waals surface area contributed by atoms with Crippen LogP contribution in [0.25, 0.3) is 0 Å². The van der Waals surface area contributed by atoms with Crippen LogP contribution < -0.4 is 15.8 Å². The number of aliphatic hydroxyl groups excluding tert-OH is 1. The molecule has 5 nitrogen and oxygen atoms in total. The van der Waals surface area contributed by atoms with E-state index < -0.39 is 0 Å². The normalized spacial score (nSPS) is 18.8. The van der Waals surface area contributed by atoms with Crippen LogP contribution in [0.5, 0.6) is 5.75 Å². The highest BCUT2D eigenvalue weighted by molar-refractivity contribution is 5.68. The van der Waals surface area contributed by atoms with Crippen molar-refractivity contribution < 1.29 is 14.6 Å². The Kier molecular flexibility index (Phi) is 4.66. The van der Waals surface area contributed by atoms with Crippen molar-refractivity contribution in [1.82, 2.24) is 0 Å². The summed E-state index contributed by atoms with van der Waals surface area (Å²) in [6.45, 7) is 1.90. The zero-order chi connectivity index (χ0) is 12.8. The van der Waals surface area contributed by atoms with Crippen molar-refractivity contribution >= 4 is 11.4 Å². The maximum absolute atomic E-state index is 8.72. The molecule has 5 heteroatoms. The molecule has 1 aliphatic rings. The molecule has 0 spiro atoms. The minimum atomic E-state index is 0.00303. The average Bonchev–Trinajstić information content (AvgIpc) is 2.89. The van der Waals surface area contributed by atoms with Gasteiger partial charge in [-0.1, -0.05) is 0 Å². The number of aliphatic hydroxyl groups is 1. The van der Waals surface area contributed by atoms with Gasteiger partial charge in [-0.05, 0) is 25.0 Å². The zero-order valence-electron chi connectivity index (χ0n) is 10.4. The molecule has 0 aromatic heterocycles. The lowest BCUT2D eigenvalue weighted by Gasteiger charge is -2.14.